The number of amidine groups is 1. The summed E-state index contributed by atoms with van der Waals surface area (Å²) in [5, 5.41) is 21.5. The van der Waals surface area contributed by atoms with E-state index in [1.54, 1.807) is 13.0 Å². The van der Waals surface area contributed by atoms with Gasteiger partial charge in [0.05, 0.1) is 22.8 Å². The molecule has 2 aromatic rings. The van der Waals surface area contributed by atoms with E-state index in [-0.39, 0.29) is 28.0 Å². The predicted octanol–water partition coefficient (Wildman–Crippen LogP) is 5.45. The Kier molecular flexibility index (Phi) is 8.76. The molecule has 1 aliphatic carbocycles. The summed E-state index contributed by atoms with van der Waals surface area (Å²) in [6.45, 7) is 9.27. The molecule has 3 rings (SSSR count). The van der Waals surface area contributed by atoms with E-state index in [4.69, 9.17) is 29.0 Å². The van der Waals surface area contributed by atoms with Gasteiger partial charge in [-0.15, -0.1) is 0 Å². The van der Waals surface area contributed by atoms with Crippen LogP contribution in [0.15, 0.2) is 34.6 Å². The molecular formula is C24H30Cl2FN7O2. The van der Waals surface area contributed by atoms with Crippen LogP contribution in [0.2, 0.25) is 10.0 Å². The van der Waals surface area contributed by atoms with E-state index in [9.17, 15) is 10.0 Å². The molecule has 1 fully saturated rings. The van der Waals surface area contributed by atoms with Crippen molar-refractivity contribution in [1.29, 1.82) is 0 Å². The number of amides is 2. The minimum atomic E-state index is -0.809. The van der Waals surface area contributed by atoms with Crippen LogP contribution in [0.3, 0.4) is 0 Å². The normalized spacial score (nSPS) is 16.8. The standard InChI is InChI=1S/C24H30Cl2FN7O2/c1-13(31-23(35)34(36)16-5-7-24(2,3)8-6-16)21-19(27)9-14(12-30-21)17-10-15(25)11-18(26)20(17)22(32-28)33-29-4/h9-13,16,36H,4-8,28H2,1-3H3,(H,31,35)(H,32,33). The monoisotopic (exact) mass is 537 g/mol. The number of nitrogens with one attached hydrogen (secondary N) is 2. The molecule has 1 aromatic carbocycles. The van der Waals surface area contributed by atoms with Gasteiger partial charge < -0.3 is 11.2 Å². The average Bonchev–Trinajstić information content (AvgIpc) is 2.81. The van der Waals surface area contributed by atoms with E-state index in [1.165, 1.54) is 18.3 Å². The zero-order valence-electron chi connectivity index (χ0n) is 20.4. The highest BCUT2D eigenvalue weighted by molar-refractivity contribution is 6.38. The Hall–Kier alpha value is -2.95. The number of hydrazone groups is 2. The molecule has 9 nitrogen and oxygen atoms in total. The Morgan fingerprint density at radius 3 is 2.58 bits per heavy atom. The number of benzene rings is 1. The third kappa shape index (κ3) is 6.24. The van der Waals surface area contributed by atoms with Crippen molar-refractivity contribution in [2.24, 2.45) is 21.5 Å². The SMILES string of the molecule is C=NN/C(=N/N)c1c(Cl)cc(Cl)cc1-c1cnc(C(C)NC(=O)N(O)C2CCC(C)(C)CC2)c(F)c1. The molecule has 1 atom stereocenters. The second-order valence-corrected chi connectivity index (χ2v) is 10.4. The van der Waals surface area contributed by atoms with Gasteiger partial charge in [0.1, 0.15) is 5.82 Å². The van der Waals surface area contributed by atoms with Crippen molar-refractivity contribution in [3.8, 4) is 11.1 Å². The number of halogens is 3. The van der Waals surface area contributed by atoms with Gasteiger partial charge in [0.2, 0.25) is 0 Å². The van der Waals surface area contributed by atoms with E-state index in [0.717, 1.165) is 12.8 Å². The maximum Gasteiger partial charge on any atom is 0.341 e. The Morgan fingerprint density at radius 1 is 1.33 bits per heavy atom. The second kappa shape index (κ2) is 11.4. The molecule has 0 saturated heterocycles. The second-order valence-electron chi connectivity index (χ2n) is 9.56. The van der Waals surface area contributed by atoms with Gasteiger partial charge in [0.25, 0.3) is 0 Å². The van der Waals surface area contributed by atoms with Gasteiger partial charge in [-0.3, -0.25) is 15.6 Å². The third-order valence-electron chi connectivity index (χ3n) is 6.40. The highest BCUT2D eigenvalue weighted by atomic mass is 35.5. The lowest BCUT2D eigenvalue weighted by Gasteiger charge is -2.37. The number of carbonyl (C=O) groups is 1. The number of nitrogens with two attached hydrogens (primary N) is 1. The number of nitrogens with zero attached hydrogens (tertiary/aromatic N) is 4. The maximum atomic E-state index is 15.2. The highest BCUT2D eigenvalue weighted by Gasteiger charge is 2.32. The van der Waals surface area contributed by atoms with Gasteiger partial charge >= 0.3 is 6.03 Å². The van der Waals surface area contributed by atoms with Crippen molar-refractivity contribution in [2.45, 2.75) is 58.5 Å². The average molecular weight is 538 g/mol. The molecule has 1 heterocycles. The van der Waals surface area contributed by atoms with Crippen LogP contribution in [0.25, 0.3) is 11.1 Å². The fourth-order valence-electron chi connectivity index (χ4n) is 4.29. The summed E-state index contributed by atoms with van der Waals surface area (Å²) in [4.78, 5) is 16.8. The van der Waals surface area contributed by atoms with E-state index in [2.05, 4.69) is 46.5 Å². The highest BCUT2D eigenvalue weighted by Crippen LogP contribution is 2.37. The van der Waals surface area contributed by atoms with Gasteiger partial charge in [-0.25, -0.2) is 14.2 Å². The van der Waals surface area contributed by atoms with Crippen LogP contribution >= 0.6 is 23.2 Å². The van der Waals surface area contributed by atoms with Crippen molar-refractivity contribution >= 4 is 41.8 Å². The summed E-state index contributed by atoms with van der Waals surface area (Å²) in [5.41, 5.74) is 3.82. The smallest absolute Gasteiger partial charge is 0.328 e. The van der Waals surface area contributed by atoms with Crippen molar-refractivity contribution in [1.82, 2.24) is 20.8 Å². The largest absolute Gasteiger partial charge is 0.341 e. The van der Waals surface area contributed by atoms with E-state index < -0.39 is 17.9 Å². The molecule has 12 heteroatoms. The minimum Gasteiger partial charge on any atom is -0.328 e. The zero-order valence-corrected chi connectivity index (χ0v) is 21.9. The fraction of sp³-hybridized carbons (Fsp3) is 0.417. The van der Waals surface area contributed by atoms with Crippen LogP contribution in [0.1, 0.15) is 63.8 Å². The molecule has 0 radical (unpaired) electrons. The van der Waals surface area contributed by atoms with Crippen molar-refractivity contribution in [2.75, 3.05) is 0 Å². The molecule has 1 saturated carbocycles. The summed E-state index contributed by atoms with van der Waals surface area (Å²) in [7, 11) is 0. The quantitative estimate of drug-likeness (QED) is 0.128. The first-order valence-corrected chi connectivity index (χ1v) is 12.2. The van der Waals surface area contributed by atoms with E-state index in [0.29, 0.717) is 39.6 Å². The molecule has 2 amide bonds. The number of pyridine rings is 1. The van der Waals surface area contributed by atoms with Gasteiger partial charge in [0, 0.05) is 29.1 Å². The first-order chi connectivity index (χ1) is 17.0. The number of hydrogen-bond acceptors (Lipinski definition) is 6. The topological polar surface area (TPSA) is 128 Å². The maximum absolute atomic E-state index is 15.2. The molecular weight excluding hydrogens is 508 g/mol. The molecule has 36 heavy (non-hydrogen) atoms. The summed E-state index contributed by atoms with van der Waals surface area (Å²) in [5.74, 6) is 4.89. The number of aromatic nitrogens is 1. The van der Waals surface area contributed by atoms with Crippen LogP contribution in [0, 0.1) is 11.2 Å². The molecule has 0 aliphatic heterocycles. The van der Waals surface area contributed by atoms with Crippen LogP contribution in [-0.2, 0) is 0 Å². The number of rotatable bonds is 6. The summed E-state index contributed by atoms with van der Waals surface area (Å²) >= 11 is 12.6. The molecule has 194 valence electrons. The van der Waals surface area contributed by atoms with Crippen LogP contribution < -0.4 is 16.6 Å². The molecule has 1 aromatic heterocycles. The fourth-order valence-corrected chi connectivity index (χ4v) is 4.88. The van der Waals surface area contributed by atoms with Gasteiger partial charge in [0.15, 0.2) is 5.84 Å². The lowest BCUT2D eigenvalue weighted by molar-refractivity contribution is -0.0948. The van der Waals surface area contributed by atoms with Crippen LogP contribution in [0.4, 0.5) is 9.18 Å². The van der Waals surface area contributed by atoms with Gasteiger partial charge in [-0.1, -0.05) is 37.0 Å². The number of carbonyl (C=O) groups excluding carboxylic acids is 1. The summed E-state index contributed by atoms with van der Waals surface area (Å²) < 4.78 is 15.2. The van der Waals surface area contributed by atoms with E-state index in [1.807, 2.05) is 0 Å². The third-order valence-corrected chi connectivity index (χ3v) is 6.92. The van der Waals surface area contributed by atoms with Gasteiger partial charge in [-0.2, -0.15) is 10.2 Å². The number of hydrogen-bond donors (Lipinski definition) is 4. The Labute approximate surface area is 219 Å². The Balaban J connectivity index is 1.82. The summed E-state index contributed by atoms with van der Waals surface area (Å²) in [6, 6.07) is 2.50. The minimum absolute atomic E-state index is 0.00134. The molecule has 0 spiro atoms. The molecule has 0 bridgehead atoms. The van der Waals surface area contributed by atoms with Crippen LogP contribution in [0.5, 0.6) is 0 Å². The first kappa shape index (κ1) is 27.6. The lowest BCUT2D eigenvalue weighted by atomic mass is 9.75. The van der Waals surface area contributed by atoms with Crippen LogP contribution in [-0.4, -0.2) is 39.9 Å². The van der Waals surface area contributed by atoms with Crippen molar-refractivity contribution in [3.63, 3.8) is 0 Å². The number of urea groups is 1. The van der Waals surface area contributed by atoms with Crippen molar-refractivity contribution < 1.29 is 14.4 Å². The predicted molar refractivity (Wildman–Crippen MR) is 140 cm³/mol. The Morgan fingerprint density at radius 2 is 2.00 bits per heavy atom. The molecule has 1 aliphatic rings. The van der Waals surface area contributed by atoms with Gasteiger partial charge in [-0.05, 0) is 61.8 Å². The zero-order chi connectivity index (χ0) is 26.6. The Bertz CT molecular complexity index is 1170. The lowest BCUT2D eigenvalue weighted by Crippen LogP contribution is -2.47. The molecule has 1 unspecified atom stereocenters. The number of hydroxylamine groups is 2. The van der Waals surface area contributed by atoms with Crippen molar-refractivity contribution in [3.05, 3.63) is 51.5 Å². The summed E-state index contributed by atoms with van der Waals surface area (Å²) in [6.07, 6.45) is 4.62. The first-order valence-electron chi connectivity index (χ1n) is 11.4. The molecule has 5 N–H and O–H groups in total. The van der Waals surface area contributed by atoms with E-state index >= 15 is 4.39 Å².